The van der Waals surface area contributed by atoms with Crippen LogP contribution in [0.5, 0.6) is 5.75 Å². The molecule has 1 heterocycles. The molecule has 0 aliphatic carbocycles. The van der Waals surface area contributed by atoms with E-state index >= 15 is 0 Å². The van der Waals surface area contributed by atoms with Crippen molar-refractivity contribution >= 4 is 44.1 Å². The molecule has 3 aromatic rings. The van der Waals surface area contributed by atoms with Gasteiger partial charge in [-0.15, -0.1) is 11.3 Å². The fourth-order valence-electron chi connectivity index (χ4n) is 3.11. The zero-order valence-corrected chi connectivity index (χ0v) is 20.1. The highest BCUT2D eigenvalue weighted by molar-refractivity contribution is 9.10. The second-order valence-corrected chi connectivity index (χ2v) is 8.67. The Morgan fingerprint density at radius 1 is 1.12 bits per heavy atom. The first kappa shape index (κ1) is 23.9. The van der Waals surface area contributed by atoms with Crippen molar-refractivity contribution in [2.45, 2.75) is 26.7 Å². The maximum atomic E-state index is 13.3. The van der Waals surface area contributed by atoms with Crippen LogP contribution in [0, 0.1) is 5.82 Å². The zero-order valence-electron chi connectivity index (χ0n) is 17.7. The van der Waals surface area contributed by atoms with Crippen LogP contribution in [0.4, 0.5) is 9.39 Å². The largest absolute Gasteiger partial charge is 0.483 e. The summed E-state index contributed by atoms with van der Waals surface area (Å²) in [6.07, 6.45) is 2.00. The average Bonchev–Trinajstić information content (AvgIpc) is 3.17. The molecule has 0 aliphatic heterocycles. The van der Waals surface area contributed by atoms with E-state index in [0.717, 1.165) is 17.3 Å². The van der Waals surface area contributed by atoms with Crippen LogP contribution in [0.25, 0.3) is 11.1 Å². The smallest absolute Gasteiger partial charge is 0.341 e. The fourth-order valence-corrected chi connectivity index (χ4v) is 4.62. The van der Waals surface area contributed by atoms with Gasteiger partial charge in [-0.05, 0) is 64.7 Å². The van der Waals surface area contributed by atoms with Crippen molar-refractivity contribution in [1.82, 2.24) is 0 Å². The molecule has 0 saturated heterocycles. The van der Waals surface area contributed by atoms with Gasteiger partial charge < -0.3 is 14.8 Å². The predicted octanol–water partition coefficient (Wildman–Crippen LogP) is 6.46. The first-order valence-electron chi connectivity index (χ1n) is 10.2. The summed E-state index contributed by atoms with van der Waals surface area (Å²) in [6.45, 7) is 3.78. The van der Waals surface area contributed by atoms with Crippen molar-refractivity contribution in [2.24, 2.45) is 0 Å². The van der Waals surface area contributed by atoms with Gasteiger partial charge in [-0.2, -0.15) is 0 Å². The van der Waals surface area contributed by atoms with Crippen LogP contribution in [-0.2, 0) is 16.0 Å². The number of hydrogen-bond acceptors (Lipinski definition) is 5. The van der Waals surface area contributed by atoms with E-state index in [0.29, 0.717) is 21.9 Å². The van der Waals surface area contributed by atoms with Crippen molar-refractivity contribution in [1.29, 1.82) is 0 Å². The van der Waals surface area contributed by atoms with E-state index < -0.39 is 11.9 Å². The Bertz CT molecular complexity index is 1100. The molecule has 32 heavy (non-hydrogen) atoms. The van der Waals surface area contributed by atoms with Gasteiger partial charge in [0, 0.05) is 10.9 Å². The molecule has 0 bridgehead atoms. The Balaban J connectivity index is 1.75. The number of benzene rings is 2. The number of ether oxygens (including phenoxy) is 2. The maximum Gasteiger partial charge on any atom is 0.341 e. The number of thiophene rings is 1. The van der Waals surface area contributed by atoms with Gasteiger partial charge in [0.1, 0.15) is 22.1 Å². The van der Waals surface area contributed by atoms with Crippen LogP contribution in [-0.4, -0.2) is 25.1 Å². The summed E-state index contributed by atoms with van der Waals surface area (Å²) in [5.41, 5.74) is 2.64. The molecular formula is C24H23BrFNO4S. The third-order valence-electron chi connectivity index (χ3n) is 4.57. The minimum Gasteiger partial charge on any atom is -0.483 e. The highest BCUT2D eigenvalue weighted by atomic mass is 79.9. The van der Waals surface area contributed by atoms with E-state index in [1.165, 1.54) is 29.0 Å². The molecule has 0 aliphatic rings. The lowest BCUT2D eigenvalue weighted by atomic mass is 10.0. The summed E-state index contributed by atoms with van der Waals surface area (Å²) in [4.78, 5) is 25.1. The minimum atomic E-state index is -0.557. The van der Waals surface area contributed by atoms with Crippen molar-refractivity contribution in [3.63, 3.8) is 0 Å². The third-order valence-corrected chi connectivity index (χ3v) is 6.09. The standard InChI is InChI=1S/C24H23BrFNO4S/c1-3-5-15-6-11-20(19(25)12-15)31-13-21(28)27-23-22(24(29)30-4-2)18(14-32-23)16-7-9-17(26)10-8-16/h6-12,14H,3-5,13H2,1-2H3,(H,27,28). The van der Waals surface area contributed by atoms with Crippen molar-refractivity contribution in [3.8, 4) is 16.9 Å². The van der Waals surface area contributed by atoms with Crippen LogP contribution >= 0.6 is 27.3 Å². The van der Waals surface area contributed by atoms with Crippen LogP contribution < -0.4 is 10.1 Å². The Morgan fingerprint density at radius 2 is 1.88 bits per heavy atom. The number of carbonyl (C=O) groups excluding carboxylic acids is 2. The molecule has 0 fully saturated rings. The molecule has 1 amide bonds. The van der Waals surface area contributed by atoms with Gasteiger partial charge in [-0.3, -0.25) is 4.79 Å². The van der Waals surface area contributed by atoms with Gasteiger partial charge in [0.15, 0.2) is 6.61 Å². The minimum absolute atomic E-state index is 0.191. The lowest BCUT2D eigenvalue weighted by Gasteiger charge is -2.11. The van der Waals surface area contributed by atoms with Gasteiger partial charge in [-0.25, -0.2) is 9.18 Å². The molecule has 0 unspecified atom stereocenters. The monoisotopic (exact) mass is 519 g/mol. The molecule has 2 aromatic carbocycles. The van der Waals surface area contributed by atoms with Crippen LogP contribution in [0.1, 0.15) is 36.2 Å². The van der Waals surface area contributed by atoms with Gasteiger partial charge in [0.25, 0.3) is 5.91 Å². The number of esters is 1. The van der Waals surface area contributed by atoms with Crippen molar-refractivity contribution in [3.05, 3.63) is 69.3 Å². The summed E-state index contributed by atoms with van der Waals surface area (Å²) >= 11 is 4.67. The van der Waals surface area contributed by atoms with Crippen LogP contribution in [0.3, 0.4) is 0 Å². The summed E-state index contributed by atoms with van der Waals surface area (Å²) in [5.74, 6) is -0.781. The number of hydrogen-bond donors (Lipinski definition) is 1. The fraction of sp³-hybridized carbons (Fsp3) is 0.250. The van der Waals surface area contributed by atoms with Crippen LogP contribution in [0.2, 0.25) is 0 Å². The molecule has 3 rings (SSSR count). The molecule has 5 nitrogen and oxygen atoms in total. The van der Waals surface area contributed by atoms with E-state index in [4.69, 9.17) is 9.47 Å². The first-order chi connectivity index (χ1) is 15.4. The van der Waals surface area contributed by atoms with E-state index in [-0.39, 0.29) is 24.6 Å². The lowest BCUT2D eigenvalue weighted by Crippen LogP contribution is -2.21. The number of anilines is 1. The normalized spacial score (nSPS) is 10.6. The second kappa shape index (κ2) is 11.2. The lowest BCUT2D eigenvalue weighted by molar-refractivity contribution is -0.118. The Morgan fingerprint density at radius 3 is 2.53 bits per heavy atom. The summed E-state index contributed by atoms with van der Waals surface area (Å²) in [7, 11) is 0. The highest BCUT2D eigenvalue weighted by Crippen LogP contribution is 2.36. The zero-order chi connectivity index (χ0) is 23.1. The number of amides is 1. The van der Waals surface area contributed by atoms with Gasteiger partial charge in [0.2, 0.25) is 0 Å². The molecule has 168 valence electrons. The molecular weight excluding hydrogens is 497 g/mol. The van der Waals surface area contributed by atoms with Crippen molar-refractivity contribution < 1.29 is 23.5 Å². The average molecular weight is 520 g/mol. The predicted molar refractivity (Wildman–Crippen MR) is 128 cm³/mol. The highest BCUT2D eigenvalue weighted by Gasteiger charge is 2.23. The number of halogens is 2. The Kier molecular flexibility index (Phi) is 8.41. The third kappa shape index (κ3) is 5.95. The Labute approximate surface area is 198 Å². The quantitative estimate of drug-likeness (QED) is 0.329. The summed E-state index contributed by atoms with van der Waals surface area (Å²) in [6, 6.07) is 11.6. The van der Waals surface area contributed by atoms with E-state index in [2.05, 4.69) is 28.2 Å². The van der Waals surface area contributed by atoms with Crippen LogP contribution in [0.15, 0.2) is 52.3 Å². The summed E-state index contributed by atoms with van der Waals surface area (Å²) in [5, 5.41) is 4.83. The number of rotatable bonds is 9. The van der Waals surface area contributed by atoms with Crippen molar-refractivity contribution in [2.75, 3.05) is 18.5 Å². The molecule has 1 aromatic heterocycles. The SMILES string of the molecule is CCCc1ccc(OCC(=O)Nc2scc(-c3ccc(F)cc3)c2C(=O)OCC)c(Br)c1. The van der Waals surface area contributed by atoms with Gasteiger partial charge >= 0.3 is 5.97 Å². The number of aryl methyl sites for hydroxylation is 1. The topological polar surface area (TPSA) is 64.6 Å². The number of nitrogens with one attached hydrogen (secondary N) is 1. The van der Waals surface area contributed by atoms with E-state index in [1.807, 2.05) is 18.2 Å². The summed E-state index contributed by atoms with van der Waals surface area (Å²) < 4.78 is 24.9. The van der Waals surface area contributed by atoms with Gasteiger partial charge in [0.05, 0.1) is 11.1 Å². The Hall–Kier alpha value is -2.71. The molecule has 8 heteroatoms. The van der Waals surface area contributed by atoms with E-state index in [9.17, 15) is 14.0 Å². The first-order valence-corrected chi connectivity index (χ1v) is 11.9. The maximum absolute atomic E-state index is 13.3. The molecule has 0 spiro atoms. The molecule has 0 atom stereocenters. The molecule has 0 saturated carbocycles. The molecule has 1 N–H and O–H groups in total. The second-order valence-electron chi connectivity index (χ2n) is 6.93. The van der Waals surface area contributed by atoms with Gasteiger partial charge in [-0.1, -0.05) is 31.5 Å². The number of carbonyl (C=O) groups is 2. The molecule has 0 radical (unpaired) electrons. The van der Waals surface area contributed by atoms with E-state index in [1.54, 1.807) is 24.4 Å².